The average molecular weight is 707 g/mol. The van der Waals surface area contributed by atoms with Gasteiger partial charge >= 0.3 is 17.8 Å². The first kappa shape index (κ1) is 37.1. The Morgan fingerprint density at radius 1 is 1.02 bits per heavy atom. The van der Waals surface area contributed by atoms with E-state index in [0.29, 0.717) is 73.5 Å². The van der Waals surface area contributed by atoms with E-state index in [-0.39, 0.29) is 30.6 Å². The van der Waals surface area contributed by atoms with Crippen LogP contribution in [0.3, 0.4) is 0 Å². The Morgan fingerprint density at radius 2 is 1.72 bits per heavy atom. The van der Waals surface area contributed by atoms with E-state index in [1.807, 2.05) is 4.90 Å². The fraction of sp³-hybridized carbons (Fsp3) is 0.500. The predicted octanol–water partition coefficient (Wildman–Crippen LogP) is 6.79. The third-order valence-electron chi connectivity index (χ3n) is 9.56. The molecule has 1 fully saturated rings. The van der Waals surface area contributed by atoms with Crippen molar-refractivity contribution < 1.29 is 41.0 Å². The second kappa shape index (κ2) is 15.4. The van der Waals surface area contributed by atoms with Gasteiger partial charge in [-0.2, -0.15) is 18.2 Å². The van der Waals surface area contributed by atoms with Gasteiger partial charge in [-0.3, -0.25) is 19.1 Å². The van der Waals surface area contributed by atoms with Gasteiger partial charge in [-0.1, -0.05) is 25.7 Å². The van der Waals surface area contributed by atoms with Crippen molar-refractivity contribution in [1.82, 2.24) is 19.8 Å². The third-order valence-corrected chi connectivity index (χ3v) is 9.56. The Hall–Kier alpha value is -4.20. The number of amides is 1. The first-order valence-corrected chi connectivity index (χ1v) is 16.8. The number of halogens is 6. The minimum absolute atomic E-state index is 0.0978. The molecule has 1 amide bonds. The molecule has 8 nitrogen and oxygen atoms in total. The Kier molecular flexibility index (Phi) is 11.4. The smallest absolute Gasteiger partial charge is 0.419 e. The van der Waals surface area contributed by atoms with Crippen molar-refractivity contribution in [1.29, 1.82) is 0 Å². The number of aromatic nitrogens is 2. The van der Waals surface area contributed by atoms with Crippen LogP contribution < -0.4 is 11.0 Å². The molecule has 0 saturated carbocycles. The van der Waals surface area contributed by atoms with Crippen molar-refractivity contribution >= 4 is 11.9 Å². The SMILES string of the molecule is Cc1cc(F)cc2c1-c1cc(c(F)c(C(F)(F)F)c1)[C@H](CC(=O)O)NC(=O)[C@@H](n1cc(CCN3CC(F)C3)c(C)nc1=O)CCCCCCC2. The van der Waals surface area contributed by atoms with Gasteiger partial charge in [0.05, 0.1) is 18.0 Å². The zero-order chi connectivity index (χ0) is 36.3. The van der Waals surface area contributed by atoms with Gasteiger partial charge in [0.2, 0.25) is 5.91 Å². The normalized spacial score (nSPS) is 19.8. The van der Waals surface area contributed by atoms with E-state index in [0.717, 1.165) is 23.1 Å². The Balaban J connectivity index is 1.61. The number of aliphatic carboxylic acids is 1. The van der Waals surface area contributed by atoms with Gasteiger partial charge in [0.25, 0.3) is 0 Å². The van der Waals surface area contributed by atoms with Crippen LogP contribution in [0.1, 0.15) is 90.5 Å². The van der Waals surface area contributed by atoms with Crippen LogP contribution in [-0.4, -0.2) is 57.2 Å². The Bertz CT molecular complexity index is 1800. The highest BCUT2D eigenvalue weighted by molar-refractivity contribution is 5.82. The lowest BCUT2D eigenvalue weighted by Gasteiger charge is -2.34. The van der Waals surface area contributed by atoms with E-state index in [1.165, 1.54) is 19.2 Å². The number of fused-ring (bicyclic) bond motifs is 4. The van der Waals surface area contributed by atoms with E-state index >= 15 is 4.39 Å². The molecule has 0 aliphatic carbocycles. The quantitative estimate of drug-likeness (QED) is 0.274. The molecule has 2 aromatic carbocycles. The number of likely N-dealkylation sites (tertiary alicyclic amines) is 1. The maximum atomic E-state index is 15.9. The van der Waals surface area contributed by atoms with Crippen LogP contribution in [0.2, 0.25) is 0 Å². The number of rotatable bonds is 6. The Labute approximate surface area is 285 Å². The second-order valence-corrected chi connectivity index (χ2v) is 13.3. The average Bonchev–Trinajstić information content (AvgIpc) is 3.00. The van der Waals surface area contributed by atoms with Crippen molar-refractivity contribution in [3.05, 3.63) is 86.1 Å². The number of carbonyl (C=O) groups is 2. The molecular weight excluding hydrogens is 666 g/mol. The number of nitrogens with zero attached hydrogens (tertiary/aromatic N) is 3. The molecule has 50 heavy (non-hydrogen) atoms. The van der Waals surface area contributed by atoms with Crippen LogP contribution >= 0.6 is 0 Å². The Morgan fingerprint density at radius 3 is 2.40 bits per heavy atom. The monoisotopic (exact) mass is 706 g/mol. The molecule has 2 N–H and O–H groups in total. The number of hydrogen-bond donors (Lipinski definition) is 2. The molecule has 14 heteroatoms. The van der Waals surface area contributed by atoms with Gasteiger partial charge < -0.3 is 10.4 Å². The number of benzene rings is 2. The molecule has 0 spiro atoms. The molecule has 5 rings (SSSR count). The molecule has 1 aromatic heterocycles. The summed E-state index contributed by atoms with van der Waals surface area (Å²) in [4.78, 5) is 45.3. The summed E-state index contributed by atoms with van der Waals surface area (Å²) in [6.45, 7) is 4.24. The highest BCUT2D eigenvalue weighted by Crippen LogP contribution is 2.40. The molecule has 0 unspecified atom stereocenters. The highest BCUT2D eigenvalue weighted by atomic mass is 19.4. The third kappa shape index (κ3) is 8.56. The zero-order valence-electron chi connectivity index (χ0n) is 27.9. The standard InChI is InChI=1S/C36H40F6N4O4/c1-20-12-25(37)13-22-8-6-4-3-5-7-9-30(46-17-23(21(2)43-35(46)50)10-11-45-18-26(38)19-45)34(49)44-29(16-31(47)48)27-14-24(32(20)22)15-28(33(27)39)36(40,41)42/h12-15,17,26,29-30H,3-11,16,18-19H2,1-2H3,(H,44,49)(H,47,48)/t29-,30-/m0/s1. The molecule has 2 aliphatic rings. The van der Waals surface area contributed by atoms with E-state index in [1.54, 1.807) is 6.92 Å². The lowest BCUT2D eigenvalue weighted by atomic mass is 9.87. The minimum Gasteiger partial charge on any atom is -0.481 e. The van der Waals surface area contributed by atoms with Crippen LogP contribution in [0.15, 0.2) is 35.3 Å². The second-order valence-electron chi connectivity index (χ2n) is 13.3. The largest absolute Gasteiger partial charge is 0.481 e. The summed E-state index contributed by atoms with van der Waals surface area (Å²) in [5.74, 6) is -4.72. The molecule has 3 heterocycles. The maximum absolute atomic E-state index is 15.9. The minimum atomic E-state index is -5.19. The number of alkyl halides is 4. The summed E-state index contributed by atoms with van der Waals surface area (Å²) in [7, 11) is 0. The molecule has 2 bridgehead atoms. The van der Waals surface area contributed by atoms with Crippen molar-refractivity contribution in [3.8, 4) is 11.1 Å². The van der Waals surface area contributed by atoms with E-state index in [9.17, 15) is 41.4 Å². The van der Waals surface area contributed by atoms with Crippen molar-refractivity contribution in [2.45, 2.75) is 96.1 Å². The fourth-order valence-corrected chi connectivity index (χ4v) is 6.96. The van der Waals surface area contributed by atoms with Crippen LogP contribution in [0.25, 0.3) is 11.1 Å². The number of carbonyl (C=O) groups excluding carboxylic acids is 1. The summed E-state index contributed by atoms with van der Waals surface area (Å²) in [6, 6.07) is 1.11. The van der Waals surface area contributed by atoms with Gasteiger partial charge in [0.1, 0.15) is 23.8 Å². The number of carboxylic acids is 1. The van der Waals surface area contributed by atoms with E-state index in [4.69, 9.17) is 0 Å². The van der Waals surface area contributed by atoms with E-state index in [2.05, 4.69) is 10.3 Å². The summed E-state index contributed by atoms with van der Waals surface area (Å²) in [5, 5.41) is 12.2. The van der Waals surface area contributed by atoms with Gasteiger partial charge in [-0.15, -0.1) is 0 Å². The van der Waals surface area contributed by atoms with Gasteiger partial charge in [0, 0.05) is 37.1 Å². The molecule has 1 saturated heterocycles. The molecule has 2 atom stereocenters. The lowest BCUT2D eigenvalue weighted by molar-refractivity contribution is -0.140. The highest BCUT2D eigenvalue weighted by Gasteiger charge is 2.38. The van der Waals surface area contributed by atoms with E-state index < -0.39 is 71.2 Å². The topological polar surface area (TPSA) is 105 Å². The van der Waals surface area contributed by atoms with Gasteiger partial charge in [-0.05, 0) is 91.6 Å². The van der Waals surface area contributed by atoms with Crippen molar-refractivity contribution in [3.63, 3.8) is 0 Å². The number of nitrogens with one attached hydrogen (secondary N) is 1. The molecular formula is C36H40F6N4O4. The number of aryl methyl sites for hydroxylation is 3. The first-order valence-electron chi connectivity index (χ1n) is 16.8. The van der Waals surface area contributed by atoms with Crippen LogP contribution in [-0.2, 0) is 28.6 Å². The molecule has 0 radical (unpaired) electrons. The number of carboxylic acid groups (broad SMARTS) is 1. The molecule has 2 aliphatic heterocycles. The lowest BCUT2D eigenvalue weighted by Crippen LogP contribution is -2.49. The van der Waals surface area contributed by atoms with Crippen LogP contribution in [0.4, 0.5) is 26.3 Å². The fourth-order valence-electron chi connectivity index (χ4n) is 6.96. The summed E-state index contributed by atoms with van der Waals surface area (Å²) in [6.07, 6.45) is -1.63. The zero-order valence-corrected chi connectivity index (χ0v) is 27.9. The summed E-state index contributed by atoms with van der Waals surface area (Å²) in [5.41, 5.74) is -1.15. The van der Waals surface area contributed by atoms with Crippen LogP contribution in [0.5, 0.6) is 0 Å². The van der Waals surface area contributed by atoms with Gasteiger partial charge in [0.15, 0.2) is 0 Å². The van der Waals surface area contributed by atoms with Crippen molar-refractivity contribution in [2.24, 2.45) is 0 Å². The predicted molar refractivity (Wildman–Crippen MR) is 173 cm³/mol. The molecule has 3 aromatic rings. The molecule has 270 valence electrons. The summed E-state index contributed by atoms with van der Waals surface area (Å²) < 4.78 is 88.0. The van der Waals surface area contributed by atoms with Gasteiger partial charge in [-0.25, -0.2) is 18.0 Å². The van der Waals surface area contributed by atoms with Crippen molar-refractivity contribution in [2.75, 3.05) is 19.6 Å². The summed E-state index contributed by atoms with van der Waals surface area (Å²) >= 11 is 0. The first-order chi connectivity index (χ1) is 23.6. The maximum Gasteiger partial charge on any atom is 0.419 e. The number of hydrogen-bond acceptors (Lipinski definition) is 5. The van der Waals surface area contributed by atoms with Crippen LogP contribution in [0, 0.1) is 25.5 Å².